The Balaban J connectivity index is 2.54. The number of phenolic OH excluding ortho intramolecular Hbond substituents is 1. The fourth-order valence-electron chi connectivity index (χ4n) is 1.60. The highest BCUT2D eigenvalue weighted by molar-refractivity contribution is 9.10. The monoisotopic (exact) mass is 328 g/mol. The third kappa shape index (κ3) is 2.38. The molecule has 1 aromatic carbocycles. The molecule has 94 valence electrons. The summed E-state index contributed by atoms with van der Waals surface area (Å²) in [5.41, 5.74) is 5.98. The number of benzene rings is 1. The van der Waals surface area contributed by atoms with E-state index in [1.807, 2.05) is 17.5 Å². The lowest BCUT2D eigenvalue weighted by atomic mass is 10.0. The van der Waals surface area contributed by atoms with Crippen LogP contribution in [0.5, 0.6) is 5.75 Å². The van der Waals surface area contributed by atoms with E-state index in [1.165, 1.54) is 17.4 Å². The van der Waals surface area contributed by atoms with Crippen LogP contribution in [0.2, 0.25) is 0 Å². The van der Waals surface area contributed by atoms with Crippen molar-refractivity contribution >= 4 is 33.0 Å². The Kier molecular flexibility index (Phi) is 3.65. The van der Waals surface area contributed by atoms with Gasteiger partial charge in [-0.15, -0.1) is 11.3 Å². The summed E-state index contributed by atoms with van der Waals surface area (Å²) in [5.74, 6) is -0.385. The SMILES string of the molecule is N[C@H](c1cccs1)c1cc(Br)cc([N+](=O)[O-])c1O. The quantitative estimate of drug-likeness (QED) is 0.668. The molecule has 0 radical (unpaired) electrons. The first-order valence-corrected chi connectivity index (χ1v) is 6.63. The summed E-state index contributed by atoms with van der Waals surface area (Å²) < 4.78 is 0.508. The number of hydrogen-bond acceptors (Lipinski definition) is 5. The van der Waals surface area contributed by atoms with E-state index in [4.69, 9.17) is 5.73 Å². The molecule has 1 aromatic heterocycles. The van der Waals surface area contributed by atoms with E-state index in [1.54, 1.807) is 6.07 Å². The zero-order chi connectivity index (χ0) is 13.3. The number of nitrogens with zero attached hydrogens (tertiary/aromatic N) is 1. The van der Waals surface area contributed by atoms with Gasteiger partial charge in [0.25, 0.3) is 0 Å². The number of nitro benzene ring substituents is 1. The number of phenols is 1. The molecule has 7 heteroatoms. The van der Waals surface area contributed by atoms with E-state index < -0.39 is 11.0 Å². The second-order valence-electron chi connectivity index (χ2n) is 3.61. The maximum absolute atomic E-state index is 10.8. The number of aromatic hydroxyl groups is 1. The molecule has 0 amide bonds. The Morgan fingerprint density at radius 1 is 1.50 bits per heavy atom. The van der Waals surface area contributed by atoms with Crippen LogP contribution in [-0.2, 0) is 0 Å². The number of hydrogen-bond donors (Lipinski definition) is 2. The molecule has 1 atom stereocenters. The maximum Gasteiger partial charge on any atom is 0.312 e. The number of nitrogens with two attached hydrogens (primary N) is 1. The van der Waals surface area contributed by atoms with Gasteiger partial charge in [-0.25, -0.2) is 0 Å². The lowest BCUT2D eigenvalue weighted by molar-refractivity contribution is -0.386. The second kappa shape index (κ2) is 5.05. The van der Waals surface area contributed by atoms with Crippen molar-refractivity contribution in [3.63, 3.8) is 0 Å². The predicted molar refractivity (Wildman–Crippen MR) is 72.8 cm³/mol. The fraction of sp³-hybridized carbons (Fsp3) is 0.0909. The summed E-state index contributed by atoms with van der Waals surface area (Å²) in [5, 5.41) is 22.6. The maximum atomic E-state index is 10.8. The largest absolute Gasteiger partial charge is 0.502 e. The van der Waals surface area contributed by atoms with Gasteiger partial charge in [-0.05, 0) is 17.5 Å². The molecule has 18 heavy (non-hydrogen) atoms. The van der Waals surface area contributed by atoms with Crippen LogP contribution in [0.15, 0.2) is 34.1 Å². The third-order valence-electron chi connectivity index (χ3n) is 2.47. The van der Waals surface area contributed by atoms with Crippen LogP contribution in [0, 0.1) is 10.1 Å². The number of nitro groups is 1. The fourth-order valence-corrected chi connectivity index (χ4v) is 2.81. The average molecular weight is 329 g/mol. The van der Waals surface area contributed by atoms with E-state index in [-0.39, 0.29) is 11.4 Å². The van der Waals surface area contributed by atoms with Gasteiger partial charge in [0.2, 0.25) is 0 Å². The third-order valence-corrected chi connectivity index (χ3v) is 3.88. The highest BCUT2D eigenvalue weighted by atomic mass is 79.9. The summed E-state index contributed by atoms with van der Waals surface area (Å²) in [7, 11) is 0. The minimum Gasteiger partial charge on any atom is -0.502 e. The summed E-state index contributed by atoms with van der Waals surface area (Å²) in [4.78, 5) is 11.0. The molecule has 2 rings (SSSR count). The molecule has 3 N–H and O–H groups in total. The molecule has 1 heterocycles. The zero-order valence-corrected chi connectivity index (χ0v) is 11.4. The number of halogens is 1. The molecule has 0 aliphatic rings. The van der Waals surface area contributed by atoms with Crippen molar-refractivity contribution in [3.8, 4) is 5.75 Å². The highest BCUT2D eigenvalue weighted by Crippen LogP contribution is 2.38. The molecule has 0 unspecified atom stereocenters. The van der Waals surface area contributed by atoms with Crippen LogP contribution in [0.4, 0.5) is 5.69 Å². The van der Waals surface area contributed by atoms with Gasteiger partial charge in [0.05, 0.1) is 11.0 Å². The minimum absolute atomic E-state index is 0.332. The highest BCUT2D eigenvalue weighted by Gasteiger charge is 2.23. The zero-order valence-electron chi connectivity index (χ0n) is 9.04. The molecule has 0 bridgehead atoms. The van der Waals surface area contributed by atoms with Crippen molar-refractivity contribution in [2.75, 3.05) is 0 Å². The molecular formula is C11H9BrN2O3S. The molecule has 0 aliphatic carbocycles. The predicted octanol–water partition coefficient (Wildman–Crippen LogP) is 3.17. The standard InChI is InChI=1S/C11H9BrN2O3S/c12-6-4-7(10(13)9-2-1-3-18-9)11(15)8(5-6)14(16)17/h1-5,10,15H,13H2/t10-/m0/s1. The van der Waals surface area contributed by atoms with Crippen molar-refractivity contribution in [1.29, 1.82) is 0 Å². The lowest BCUT2D eigenvalue weighted by Gasteiger charge is -2.12. The molecule has 0 saturated carbocycles. The summed E-state index contributed by atoms with van der Waals surface area (Å²) in [6, 6.07) is 5.92. The van der Waals surface area contributed by atoms with Crippen LogP contribution in [0.25, 0.3) is 0 Å². The Bertz CT molecular complexity index is 586. The van der Waals surface area contributed by atoms with Gasteiger partial charge in [-0.1, -0.05) is 22.0 Å². The summed E-state index contributed by atoms with van der Waals surface area (Å²) >= 11 is 4.61. The summed E-state index contributed by atoms with van der Waals surface area (Å²) in [6.07, 6.45) is 0. The van der Waals surface area contributed by atoms with Crippen LogP contribution in [-0.4, -0.2) is 10.0 Å². The van der Waals surface area contributed by atoms with Crippen molar-refractivity contribution in [1.82, 2.24) is 0 Å². The van der Waals surface area contributed by atoms with E-state index in [9.17, 15) is 15.2 Å². The van der Waals surface area contributed by atoms with Crippen molar-refractivity contribution in [2.45, 2.75) is 6.04 Å². The minimum atomic E-state index is -0.634. The van der Waals surface area contributed by atoms with Gasteiger partial charge in [0, 0.05) is 21.0 Å². The van der Waals surface area contributed by atoms with E-state index in [0.717, 1.165) is 4.88 Å². The van der Waals surface area contributed by atoms with E-state index in [2.05, 4.69) is 15.9 Å². The smallest absolute Gasteiger partial charge is 0.312 e. The van der Waals surface area contributed by atoms with Gasteiger partial charge in [-0.3, -0.25) is 10.1 Å². The van der Waals surface area contributed by atoms with Crippen molar-refractivity contribution < 1.29 is 10.0 Å². The molecule has 0 saturated heterocycles. The molecule has 2 aromatic rings. The van der Waals surface area contributed by atoms with Crippen molar-refractivity contribution in [3.05, 3.63) is 54.7 Å². The van der Waals surface area contributed by atoms with E-state index >= 15 is 0 Å². The molecule has 0 spiro atoms. The molecular weight excluding hydrogens is 320 g/mol. The molecule has 5 nitrogen and oxygen atoms in total. The second-order valence-corrected chi connectivity index (χ2v) is 5.51. The van der Waals surface area contributed by atoms with Crippen molar-refractivity contribution in [2.24, 2.45) is 5.73 Å². The van der Waals surface area contributed by atoms with Crippen LogP contribution in [0.3, 0.4) is 0 Å². The first-order valence-electron chi connectivity index (χ1n) is 4.96. The van der Waals surface area contributed by atoms with Gasteiger partial charge < -0.3 is 10.8 Å². The van der Waals surface area contributed by atoms with Gasteiger partial charge >= 0.3 is 5.69 Å². The Morgan fingerprint density at radius 3 is 2.78 bits per heavy atom. The Labute approximate surface area is 115 Å². The Morgan fingerprint density at radius 2 is 2.22 bits per heavy atom. The van der Waals surface area contributed by atoms with Gasteiger partial charge in [-0.2, -0.15) is 0 Å². The number of rotatable bonds is 3. The van der Waals surface area contributed by atoms with Gasteiger partial charge in [0.1, 0.15) is 0 Å². The van der Waals surface area contributed by atoms with Crippen LogP contribution in [0.1, 0.15) is 16.5 Å². The average Bonchev–Trinajstić information content (AvgIpc) is 2.84. The summed E-state index contributed by atoms with van der Waals surface area (Å²) in [6.45, 7) is 0. The normalized spacial score (nSPS) is 12.3. The Hall–Kier alpha value is -1.44. The van der Waals surface area contributed by atoms with E-state index in [0.29, 0.717) is 10.0 Å². The van der Waals surface area contributed by atoms with Crippen LogP contribution < -0.4 is 5.73 Å². The van der Waals surface area contributed by atoms with Crippen LogP contribution >= 0.6 is 27.3 Å². The molecule has 0 fully saturated rings. The molecule has 0 aliphatic heterocycles. The number of thiophene rings is 1. The lowest BCUT2D eigenvalue weighted by Crippen LogP contribution is -2.11. The topological polar surface area (TPSA) is 89.4 Å². The van der Waals surface area contributed by atoms with Gasteiger partial charge in [0.15, 0.2) is 5.75 Å². The first kappa shape index (κ1) is 13.0. The first-order chi connectivity index (χ1) is 8.50.